The number of halogens is 1. The summed E-state index contributed by atoms with van der Waals surface area (Å²) >= 11 is 5.95. The molecule has 5 heteroatoms. The summed E-state index contributed by atoms with van der Waals surface area (Å²) < 4.78 is 5.52. The fraction of sp³-hybridized carbons (Fsp3) is 0.579. The Labute approximate surface area is 148 Å². The lowest BCUT2D eigenvalue weighted by molar-refractivity contribution is -0.159. The van der Waals surface area contributed by atoms with Crippen molar-refractivity contribution in [2.75, 3.05) is 0 Å². The molecule has 1 amide bonds. The number of rotatable bonds is 5. The molecule has 0 bridgehead atoms. The Morgan fingerprint density at radius 2 is 1.92 bits per heavy atom. The minimum Gasteiger partial charge on any atom is -0.460 e. The number of carbonyl (C=O) groups is 2. The molecule has 0 atom stereocenters. The van der Waals surface area contributed by atoms with Crippen LogP contribution in [0.15, 0.2) is 24.3 Å². The van der Waals surface area contributed by atoms with Crippen LogP contribution in [-0.2, 0) is 20.9 Å². The van der Waals surface area contributed by atoms with Gasteiger partial charge in [0.15, 0.2) is 0 Å². The minimum atomic E-state index is -0.687. The topological polar surface area (TPSA) is 55.4 Å². The van der Waals surface area contributed by atoms with Crippen LogP contribution in [0.1, 0.15) is 58.4 Å². The Morgan fingerprint density at radius 3 is 2.50 bits per heavy atom. The molecule has 0 aliphatic heterocycles. The van der Waals surface area contributed by atoms with Crippen molar-refractivity contribution >= 4 is 23.5 Å². The van der Waals surface area contributed by atoms with Crippen molar-refractivity contribution in [1.82, 2.24) is 5.32 Å². The molecule has 0 heterocycles. The highest BCUT2D eigenvalue weighted by Crippen LogP contribution is 2.42. The first-order valence-electron chi connectivity index (χ1n) is 8.43. The maximum Gasteiger partial charge on any atom is 0.312 e. The number of esters is 1. The lowest BCUT2D eigenvalue weighted by Gasteiger charge is -2.28. The minimum absolute atomic E-state index is 0.0934. The average Bonchev–Trinajstić information content (AvgIpc) is 2.92. The summed E-state index contributed by atoms with van der Waals surface area (Å²) in [5.41, 5.74) is -0.140. The number of hydrogen-bond donors (Lipinski definition) is 1. The van der Waals surface area contributed by atoms with Crippen LogP contribution in [0.2, 0.25) is 5.02 Å². The predicted octanol–water partition coefficient (Wildman–Crippen LogP) is 4.25. The van der Waals surface area contributed by atoms with E-state index in [1.807, 2.05) is 32.9 Å². The van der Waals surface area contributed by atoms with Crippen LogP contribution in [-0.4, -0.2) is 17.4 Å². The van der Waals surface area contributed by atoms with Gasteiger partial charge in [0.05, 0.1) is 5.41 Å². The van der Waals surface area contributed by atoms with Crippen molar-refractivity contribution in [3.63, 3.8) is 0 Å². The SMILES string of the molecule is CC(C)(C)NC(=O)CC1(C(=O)OCc2cccc(Cl)c2)CCCC1. The molecular weight excluding hydrogens is 326 g/mol. The van der Waals surface area contributed by atoms with Crippen LogP contribution < -0.4 is 5.32 Å². The normalized spacial score (nSPS) is 16.7. The summed E-state index contributed by atoms with van der Waals surface area (Å²) in [6, 6.07) is 7.26. The zero-order chi connectivity index (χ0) is 17.8. The quantitative estimate of drug-likeness (QED) is 0.807. The van der Waals surface area contributed by atoms with E-state index in [0.717, 1.165) is 18.4 Å². The summed E-state index contributed by atoms with van der Waals surface area (Å²) in [4.78, 5) is 25.0. The smallest absolute Gasteiger partial charge is 0.312 e. The van der Waals surface area contributed by atoms with Crippen LogP contribution in [0.25, 0.3) is 0 Å². The first-order valence-corrected chi connectivity index (χ1v) is 8.81. The van der Waals surface area contributed by atoms with Crippen LogP contribution in [0.3, 0.4) is 0 Å². The van der Waals surface area contributed by atoms with Crippen LogP contribution in [0.4, 0.5) is 0 Å². The number of amides is 1. The molecule has 1 aromatic rings. The van der Waals surface area contributed by atoms with Crippen molar-refractivity contribution in [1.29, 1.82) is 0 Å². The molecule has 0 spiro atoms. The largest absolute Gasteiger partial charge is 0.460 e. The molecule has 1 fully saturated rings. The first-order chi connectivity index (χ1) is 11.2. The van der Waals surface area contributed by atoms with Gasteiger partial charge >= 0.3 is 5.97 Å². The number of hydrogen-bond acceptors (Lipinski definition) is 3. The molecular formula is C19H26ClNO3. The van der Waals surface area contributed by atoms with E-state index in [1.54, 1.807) is 12.1 Å². The molecule has 0 unspecified atom stereocenters. The third-order valence-corrected chi connectivity index (χ3v) is 4.50. The number of ether oxygens (including phenoxy) is 1. The molecule has 24 heavy (non-hydrogen) atoms. The van der Waals surface area contributed by atoms with E-state index in [1.165, 1.54) is 0 Å². The highest BCUT2D eigenvalue weighted by molar-refractivity contribution is 6.30. The van der Waals surface area contributed by atoms with Gasteiger partial charge in [0.2, 0.25) is 5.91 Å². The second kappa shape index (κ2) is 7.56. The van der Waals surface area contributed by atoms with Gasteiger partial charge in [-0.15, -0.1) is 0 Å². The number of nitrogens with one attached hydrogen (secondary N) is 1. The second-order valence-electron chi connectivity index (χ2n) is 7.67. The first kappa shape index (κ1) is 18.8. The molecule has 1 saturated carbocycles. The molecule has 0 aromatic heterocycles. The zero-order valence-electron chi connectivity index (χ0n) is 14.7. The Morgan fingerprint density at radius 1 is 1.25 bits per heavy atom. The van der Waals surface area contributed by atoms with Gasteiger partial charge < -0.3 is 10.1 Å². The molecule has 0 saturated heterocycles. The fourth-order valence-electron chi connectivity index (χ4n) is 3.20. The standard InChI is InChI=1S/C19H26ClNO3/c1-18(2,3)21-16(22)12-19(9-4-5-10-19)17(23)24-13-14-7-6-8-15(20)11-14/h6-8,11H,4-5,9-10,12-13H2,1-3H3,(H,21,22). The summed E-state index contributed by atoms with van der Waals surface area (Å²) in [6.45, 7) is 5.99. The van der Waals surface area contributed by atoms with E-state index < -0.39 is 5.41 Å². The summed E-state index contributed by atoms with van der Waals surface area (Å²) in [6.07, 6.45) is 3.51. The summed E-state index contributed by atoms with van der Waals surface area (Å²) in [5, 5.41) is 3.56. The van der Waals surface area contributed by atoms with Gasteiger partial charge in [0.25, 0.3) is 0 Å². The highest BCUT2D eigenvalue weighted by atomic mass is 35.5. The molecule has 2 rings (SSSR count). The third kappa shape index (κ3) is 5.23. The zero-order valence-corrected chi connectivity index (χ0v) is 15.4. The lowest BCUT2D eigenvalue weighted by atomic mass is 9.82. The van der Waals surface area contributed by atoms with Gasteiger partial charge in [0, 0.05) is 17.0 Å². The molecule has 0 radical (unpaired) electrons. The van der Waals surface area contributed by atoms with Gasteiger partial charge in [-0.1, -0.05) is 36.6 Å². The molecule has 132 valence electrons. The molecule has 4 nitrogen and oxygen atoms in total. The van der Waals surface area contributed by atoms with E-state index in [4.69, 9.17) is 16.3 Å². The van der Waals surface area contributed by atoms with E-state index >= 15 is 0 Å². The van der Waals surface area contributed by atoms with E-state index in [0.29, 0.717) is 17.9 Å². The monoisotopic (exact) mass is 351 g/mol. The maximum absolute atomic E-state index is 12.7. The Balaban J connectivity index is 2.00. The van der Waals surface area contributed by atoms with Crippen LogP contribution in [0.5, 0.6) is 0 Å². The maximum atomic E-state index is 12.7. The van der Waals surface area contributed by atoms with E-state index in [9.17, 15) is 9.59 Å². The fourth-order valence-corrected chi connectivity index (χ4v) is 3.42. The van der Waals surface area contributed by atoms with Crippen molar-refractivity contribution in [3.05, 3.63) is 34.9 Å². The Kier molecular flexibility index (Phi) is 5.92. The van der Waals surface area contributed by atoms with Gasteiger partial charge in [-0.3, -0.25) is 9.59 Å². The average molecular weight is 352 g/mol. The molecule has 1 aliphatic carbocycles. The van der Waals surface area contributed by atoms with Gasteiger partial charge in [-0.05, 0) is 51.3 Å². The van der Waals surface area contributed by atoms with Crippen molar-refractivity contribution in [2.45, 2.75) is 65.0 Å². The molecule has 1 aliphatic rings. The van der Waals surface area contributed by atoms with Crippen LogP contribution >= 0.6 is 11.6 Å². The van der Waals surface area contributed by atoms with Crippen LogP contribution in [0, 0.1) is 5.41 Å². The Bertz CT molecular complexity index is 601. The number of benzene rings is 1. The van der Waals surface area contributed by atoms with Crippen molar-refractivity contribution in [2.24, 2.45) is 5.41 Å². The predicted molar refractivity (Wildman–Crippen MR) is 94.7 cm³/mol. The lowest BCUT2D eigenvalue weighted by Crippen LogP contribution is -2.44. The Hall–Kier alpha value is -1.55. The van der Waals surface area contributed by atoms with E-state index in [2.05, 4.69) is 5.32 Å². The molecule has 1 aromatic carbocycles. The summed E-state index contributed by atoms with van der Waals surface area (Å²) in [7, 11) is 0. The van der Waals surface area contributed by atoms with Gasteiger partial charge in [-0.2, -0.15) is 0 Å². The van der Waals surface area contributed by atoms with Crippen molar-refractivity contribution in [3.8, 4) is 0 Å². The third-order valence-electron chi connectivity index (χ3n) is 4.27. The summed E-state index contributed by atoms with van der Waals surface area (Å²) in [5.74, 6) is -0.367. The highest BCUT2D eigenvalue weighted by Gasteiger charge is 2.44. The van der Waals surface area contributed by atoms with E-state index in [-0.39, 0.29) is 30.4 Å². The number of carbonyl (C=O) groups excluding carboxylic acids is 2. The van der Waals surface area contributed by atoms with Gasteiger partial charge in [0.1, 0.15) is 6.61 Å². The van der Waals surface area contributed by atoms with Crippen molar-refractivity contribution < 1.29 is 14.3 Å². The second-order valence-corrected chi connectivity index (χ2v) is 8.10. The molecule has 1 N–H and O–H groups in total. The van der Waals surface area contributed by atoms with Gasteiger partial charge in [-0.25, -0.2) is 0 Å².